The van der Waals surface area contributed by atoms with E-state index in [1.165, 1.54) is 22.9 Å². The molecule has 1 atom stereocenters. The minimum atomic E-state index is -0.812. The molecule has 4 aromatic rings. The summed E-state index contributed by atoms with van der Waals surface area (Å²) in [4.78, 5) is 16.9. The van der Waals surface area contributed by atoms with Crippen molar-refractivity contribution in [2.24, 2.45) is 0 Å². The van der Waals surface area contributed by atoms with Crippen LogP contribution in [-0.2, 0) is 19.4 Å². The summed E-state index contributed by atoms with van der Waals surface area (Å²) in [6.45, 7) is 0.380. The zero-order valence-electron chi connectivity index (χ0n) is 18.7. The average molecular weight is 510 g/mol. The third-order valence-electron chi connectivity index (χ3n) is 6.80. The van der Waals surface area contributed by atoms with Crippen LogP contribution in [0.1, 0.15) is 46.1 Å². The van der Waals surface area contributed by atoms with Crippen LogP contribution in [0.5, 0.6) is 0 Å². The van der Waals surface area contributed by atoms with Gasteiger partial charge in [-0.2, -0.15) is 0 Å². The van der Waals surface area contributed by atoms with Gasteiger partial charge in [-0.25, -0.2) is 13.6 Å². The topological polar surface area (TPSA) is 37.3 Å². The van der Waals surface area contributed by atoms with E-state index < -0.39 is 23.7 Å². The van der Waals surface area contributed by atoms with E-state index in [1.54, 1.807) is 16.2 Å². The summed E-state index contributed by atoms with van der Waals surface area (Å²) < 4.78 is 30.1. The van der Waals surface area contributed by atoms with Crippen LogP contribution in [0.2, 0.25) is 5.02 Å². The third kappa shape index (κ3) is 3.93. The first-order valence-electron chi connectivity index (χ1n) is 11.6. The summed E-state index contributed by atoms with van der Waals surface area (Å²) in [5.74, 6) is -1.50. The lowest BCUT2D eigenvalue weighted by Gasteiger charge is -2.31. The van der Waals surface area contributed by atoms with Crippen LogP contribution in [-0.4, -0.2) is 15.5 Å². The molecule has 0 radical (unpaired) electrons. The maximum Gasteiger partial charge on any atom is 0.323 e. The lowest BCUT2D eigenvalue weighted by atomic mass is 9.95. The van der Waals surface area contributed by atoms with Crippen LogP contribution in [0.4, 0.5) is 19.3 Å². The van der Waals surface area contributed by atoms with Gasteiger partial charge in [0.15, 0.2) is 0 Å². The van der Waals surface area contributed by atoms with Crippen molar-refractivity contribution in [3.05, 3.63) is 105 Å². The van der Waals surface area contributed by atoms with Gasteiger partial charge in [0, 0.05) is 27.7 Å². The Balaban J connectivity index is 1.49. The van der Waals surface area contributed by atoms with Crippen LogP contribution in [0.15, 0.2) is 60.8 Å². The molecule has 4 nitrogen and oxygen atoms in total. The van der Waals surface area contributed by atoms with Crippen molar-refractivity contribution in [1.82, 2.24) is 9.47 Å². The molecule has 35 heavy (non-hydrogen) atoms. The molecule has 1 unspecified atom stereocenters. The maximum atomic E-state index is 14.4. The lowest BCUT2D eigenvalue weighted by molar-refractivity contribution is 0.194. The second-order valence-electron chi connectivity index (χ2n) is 8.93. The molecular weight excluding hydrogens is 488 g/mol. The number of anilines is 1. The average Bonchev–Trinajstić information content (AvgIpc) is 3.43. The smallest absolute Gasteiger partial charge is 0.310 e. The molecule has 0 saturated carbocycles. The van der Waals surface area contributed by atoms with Gasteiger partial charge in [-0.3, -0.25) is 0 Å². The Morgan fingerprint density at radius 3 is 2.63 bits per heavy atom. The second kappa shape index (κ2) is 8.81. The molecular formula is C27H22ClF2N3OS. The molecule has 1 aliphatic heterocycles. The Morgan fingerprint density at radius 2 is 1.83 bits per heavy atom. The molecule has 0 saturated heterocycles. The van der Waals surface area contributed by atoms with Gasteiger partial charge in [-0.05, 0) is 73.2 Å². The number of rotatable bonds is 2. The van der Waals surface area contributed by atoms with Gasteiger partial charge in [0.1, 0.15) is 16.6 Å². The number of aromatic nitrogens is 1. The van der Waals surface area contributed by atoms with E-state index in [0.717, 1.165) is 53.2 Å². The van der Waals surface area contributed by atoms with Gasteiger partial charge < -0.3 is 14.8 Å². The summed E-state index contributed by atoms with van der Waals surface area (Å²) in [5, 5.41) is 4.43. The number of urea groups is 1. The van der Waals surface area contributed by atoms with Gasteiger partial charge in [-0.15, -0.1) is 11.3 Å². The van der Waals surface area contributed by atoms with Crippen molar-refractivity contribution in [2.75, 3.05) is 5.32 Å². The van der Waals surface area contributed by atoms with Gasteiger partial charge >= 0.3 is 6.03 Å². The van der Waals surface area contributed by atoms with Gasteiger partial charge in [-0.1, -0.05) is 23.7 Å². The number of carbonyl (C=O) groups excluding carboxylic acids is 1. The predicted molar refractivity (Wildman–Crippen MR) is 135 cm³/mol. The van der Waals surface area contributed by atoms with Crippen molar-refractivity contribution >= 4 is 34.7 Å². The number of amides is 2. The highest BCUT2D eigenvalue weighted by atomic mass is 35.5. The highest BCUT2D eigenvalue weighted by molar-refractivity contribution is 7.15. The van der Waals surface area contributed by atoms with Crippen LogP contribution in [0.25, 0.3) is 5.00 Å². The maximum absolute atomic E-state index is 14.4. The first-order chi connectivity index (χ1) is 17.0. The number of halogens is 3. The zero-order valence-corrected chi connectivity index (χ0v) is 20.3. The molecule has 3 heterocycles. The van der Waals surface area contributed by atoms with Gasteiger partial charge in [0.05, 0.1) is 24.0 Å². The molecule has 0 fully saturated rings. The molecule has 178 valence electrons. The minimum Gasteiger partial charge on any atom is -0.310 e. The fraction of sp³-hybridized carbons (Fsp3) is 0.222. The number of thiophene rings is 1. The van der Waals surface area contributed by atoms with Gasteiger partial charge in [0.25, 0.3) is 0 Å². The van der Waals surface area contributed by atoms with Crippen molar-refractivity contribution in [3.8, 4) is 5.00 Å². The van der Waals surface area contributed by atoms with E-state index in [9.17, 15) is 13.6 Å². The summed E-state index contributed by atoms with van der Waals surface area (Å²) in [7, 11) is 0. The van der Waals surface area contributed by atoms with E-state index in [4.69, 9.17) is 11.6 Å². The van der Waals surface area contributed by atoms with Crippen LogP contribution in [0.3, 0.4) is 0 Å². The molecule has 2 aliphatic rings. The molecule has 2 aromatic heterocycles. The Kier molecular flexibility index (Phi) is 5.61. The number of hydrogen-bond acceptors (Lipinski definition) is 2. The number of benzene rings is 2. The Hall–Kier alpha value is -3.16. The number of carbonyl (C=O) groups is 1. The zero-order chi connectivity index (χ0) is 24.1. The Bertz CT molecular complexity index is 1430. The molecule has 2 aromatic carbocycles. The summed E-state index contributed by atoms with van der Waals surface area (Å²) in [6, 6.07) is 13.7. The first kappa shape index (κ1) is 22.3. The van der Waals surface area contributed by atoms with E-state index >= 15 is 0 Å². The van der Waals surface area contributed by atoms with E-state index in [1.807, 2.05) is 42.6 Å². The molecule has 6 rings (SSSR count). The highest BCUT2D eigenvalue weighted by Gasteiger charge is 2.36. The van der Waals surface area contributed by atoms with Crippen molar-refractivity contribution in [3.63, 3.8) is 0 Å². The third-order valence-corrected chi connectivity index (χ3v) is 8.38. The van der Waals surface area contributed by atoms with E-state index in [2.05, 4.69) is 9.88 Å². The first-order valence-corrected chi connectivity index (χ1v) is 12.8. The Morgan fingerprint density at radius 1 is 1.03 bits per heavy atom. The predicted octanol–water partition coefficient (Wildman–Crippen LogP) is 7.49. The van der Waals surface area contributed by atoms with Crippen LogP contribution < -0.4 is 5.32 Å². The number of fused-ring (bicyclic) bond motifs is 5. The highest BCUT2D eigenvalue weighted by Crippen LogP contribution is 2.44. The van der Waals surface area contributed by atoms with Crippen LogP contribution >= 0.6 is 22.9 Å². The molecule has 1 N–H and O–H groups in total. The van der Waals surface area contributed by atoms with Crippen molar-refractivity contribution < 1.29 is 13.6 Å². The fourth-order valence-electron chi connectivity index (χ4n) is 5.16. The number of nitrogens with one attached hydrogen (secondary N) is 1. The Labute approximate surface area is 210 Å². The molecule has 1 aliphatic carbocycles. The molecule has 0 spiro atoms. The van der Waals surface area contributed by atoms with Crippen molar-refractivity contribution in [1.29, 1.82) is 0 Å². The molecule has 2 amide bonds. The molecule has 8 heteroatoms. The second-order valence-corrected chi connectivity index (χ2v) is 10.5. The normalized spacial score (nSPS) is 16.8. The largest absolute Gasteiger partial charge is 0.323 e. The van der Waals surface area contributed by atoms with E-state index in [-0.39, 0.29) is 5.69 Å². The number of hydrogen-bond donors (Lipinski definition) is 1. The SMILES string of the molecule is O=C(Nc1ccc(F)cc1F)N1Cc2c(sc3c2CCCC3)-n2cccc2C1c1ccc(Cl)cc1. The summed E-state index contributed by atoms with van der Waals surface area (Å²) in [5.41, 5.74) is 4.26. The summed E-state index contributed by atoms with van der Waals surface area (Å²) >= 11 is 7.97. The fourth-order valence-corrected chi connectivity index (χ4v) is 6.69. The van der Waals surface area contributed by atoms with Crippen LogP contribution in [0, 0.1) is 11.6 Å². The van der Waals surface area contributed by atoms with E-state index in [0.29, 0.717) is 11.6 Å². The van der Waals surface area contributed by atoms with Crippen molar-refractivity contribution in [2.45, 2.75) is 38.3 Å². The summed E-state index contributed by atoms with van der Waals surface area (Å²) in [6.07, 6.45) is 6.39. The molecule has 0 bridgehead atoms. The number of aryl methyl sites for hydroxylation is 1. The van der Waals surface area contributed by atoms with Gasteiger partial charge in [0.2, 0.25) is 0 Å². The monoisotopic (exact) mass is 509 g/mol. The quantitative estimate of drug-likeness (QED) is 0.298. The standard InChI is InChI=1S/C27H22ClF2N3OS/c28-17-9-7-16(8-10-17)25-23-5-3-13-32(23)26-20(19-4-1-2-6-24(19)35-26)15-33(25)27(34)31-22-12-11-18(29)14-21(22)30/h3,5,7-14,25H,1-2,4,6,15H2,(H,31,34). The lowest BCUT2D eigenvalue weighted by Crippen LogP contribution is -2.38. The minimum absolute atomic E-state index is 0.0570. The number of nitrogens with zero attached hydrogens (tertiary/aromatic N) is 2.